The zero-order chi connectivity index (χ0) is 24.2. The van der Waals surface area contributed by atoms with E-state index < -0.39 is 5.97 Å². The van der Waals surface area contributed by atoms with E-state index in [1.807, 2.05) is 24.3 Å². The number of nitrogens with zero attached hydrogens (tertiary/aromatic N) is 2. The van der Waals surface area contributed by atoms with Gasteiger partial charge in [-0.2, -0.15) is 0 Å². The van der Waals surface area contributed by atoms with Gasteiger partial charge in [0.05, 0.1) is 42.0 Å². The molecule has 7 nitrogen and oxygen atoms in total. The first-order chi connectivity index (χ1) is 16.4. The quantitative estimate of drug-likeness (QED) is 0.204. The van der Waals surface area contributed by atoms with Crippen LogP contribution < -0.4 is 5.56 Å². The molecule has 0 unspecified atom stereocenters. The van der Waals surface area contributed by atoms with E-state index >= 15 is 0 Å². The van der Waals surface area contributed by atoms with E-state index in [1.54, 1.807) is 22.8 Å². The molecule has 0 saturated carbocycles. The van der Waals surface area contributed by atoms with Crippen molar-refractivity contribution in [3.63, 3.8) is 0 Å². The van der Waals surface area contributed by atoms with Gasteiger partial charge in [-0.15, -0.1) is 0 Å². The number of fused-ring (bicyclic) bond motifs is 1. The van der Waals surface area contributed by atoms with Gasteiger partial charge in [0.25, 0.3) is 5.56 Å². The van der Waals surface area contributed by atoms with Crippen LogP contribution in [0.3, 0.4) is 0 Å². The molecule has 0 radical (unpaired) electrons. The van der Waals surface area contributed by atoms with Gasteiger partial charge in [-0.25, -0.2) is 9.78 Å². The van der Waals surface area contributed by atoms with E-state index in [1.165, 1.54) is 24.4 Å². The fourth-order valence-electron chi connectivity index (χ4n) is 3.98. The average Bonchev–Trinajstić information content (AvgIpc) is 3.37. The predicted molar refractivity (Wildman–Crippen MR) is 132 cm³/mol. The standard InChI is InChI=1S/C26H28N2O5S/c1-16(2)17-6-8-18(9-7-17)23(29)15-34-26-27-22-13-19(25(31)32-3)10-11-21(22)24(30)28(26)14-20-5-4-12-33-20/h6-11,13,16,20H,4-5,12,14-15H2,1-3H3/t20-/m0/s1. The van der Waals surface area contributed by atoms with Crippen LogP contribution in [-0.2, 0) is 16.0 Å². The molecular weight excluding hydrogens is 452 g/mol. The van der Waals surface area contributed by atoms with Crippen LogP contribution >= 0.6 is 11.8 Å². The Morgan fingerprint density at radius 3 is 2.56 bits per heavy atom. The van der Waals surface area contributed by atoms with Crippen molar-refractivity contribution in [1.29, 1.82) is 0 Å². The summed E-state index contributed by atoms with van der Waals surface area (Å²) in [7, 11) is 1.31. The van der Waals surface area contributed by atoms with Crippen LogP contribution in [0.15, 0.2) is 52.4 Å². The Bertz CT molecular complexity index is 1260. The van der Waals surface area contributed by atoms with Crippen LogP contribution in [0.1, 0.15) is 58.9 Å². The number of Topliss-reactive ketones (excluding diaryl/α,β-unsaturated/α-hetero) is 1. The minimum Gasteiger partial charge on any atom is -0.465 e. The summed E-state index contributed by atoms with van der Waals surface area (Å²) >= 11 is 1.22. The van der Waals surface area contributed by atoms with Crippen LogP contribution in [0.5, 0.6) is 0 Å². The molecule has 0 aliphatic carbocycles. The van der Waals surface area contributed by atoms with Crippen LogP contribution in [0.2, 0.25) is 0 Å². The fourth-order valence-corrected chi connectivity index (χ4v) is 4.88. The molecule has 0 N–H and O–H groups in total. The number of carbonyl (C=O) groups is 2. The second-order valence-corrected chi connectivity index (χ2v) is 9.60. The first-order valence-corrected chi connectivity index (χ1v) is 12.4. The van der Waals surface area contributed by atoms with Crippen molar-refractivity contribution < 1.29 is 19.1 Å². The number of ketones is 1. The van der Waals surface area contributed by atoms with Crippen molar-refractivity contribution in [3.05, 3.63) is 69.5 Å². The van der Waals surface area contributed by atoms with Gasteiger partial charge in [0, 0.05) is 12.2 Å². The number of carbonyl (C=O) groups excluding carboxylic acids is 2. The molecule has 0 spiro atoms. The summed E-state index contributed by atoms with van der Waals surface area (Å²) in [6.45, 7) is 5.27. The highest BCUT2D eigenvalue weighted by Crippen LogP contribution is 2.23. The lowest BCUT2D eigenvalue weighted by Gasteiger charge is -2.16. The largest absolute Gasteiger partial charge is 0.465 e. The lowest BCUT2D eigenvalue weighted by atomic mass is 10.0. The van der Waals surface area contributed by atoms with E-state index in [0.717, 1.165) is 12.8 Å². The summed E-state index contributed by atoms with van der Waals surface area (Å²) in [5.41, 5.74) is 2.29. The second kappa shape index (κ2) is 10.5. The van der Waals surface area contributed by atoms with Crippen molar-refractivity contribution in [2.75, 3.05) is 19.5 Å². The smallest absolute Gasteiger partial charge is 0.337 e. The zero-order valence-electron chi connectivity index (χ0n) is 19.6. The van der Waals surface area contributed by atoms with E-state index in [4.69, 9.17) is 9.47 Å². The number of benzene rings is 2. The average molecular weight is 481 g/mol. The number of methoxy groups -OCH3 is 1. The van der Waals surface area contributed by atoms with Crippen LogP contribution in [-0.4, -0.2) is 46.9 Å². The van der Waals surface area contributed by atoms with Gasteiger partial charge < -0.3 is 9.47 Å². The predicted octanol–water partition coefficient (Wildman–Crippen LogP) is 4.46. The monoisotopic (exact) mass is 480 g/mol. The van der Waals surface area contributed by atoms with Gasteiger partial charge in [0.2, 0.25) is 0 Å². The van der Waals surface area contributed by atoms with Gasteiger partial charge in [-0.3, -0.25) is 14.2 Å². The third-order valence-corrected chi connectivity index (χ3v) is 6.96. The highest BCUT2D eigenvalue weighted by atomic mass is 32.2. The van der Waals surface area contributed by atoms with Crippen molar-refractivity contribution in [2.24, 2.45) is 0 Å². The summed E-state index contributed by atoms with van der Waals surface area (Å²) < 4.78 is 12.1. The summed E-state index contributed by atoms with van der Waals surface area (Å²) in [5, 5.41) is 0.841. The summed E-state index contributed by atoms with van der Waals surface area (Å²) in [4.78, 5) is 42.9. The molecule has 0 bridgehead atoms. The Balaban J connectivity index is 1.65. The molecular formula is C26H28N2O5S. The summed E-state index contributed by atoms with van der Waals surface area (Å²) in [6, 6.07) is 12.3. The van der Waals surface area contributed by atoms with Crippen LogP contribution in [0.25, 0.3) is 10.9 Å². The molecule has 1 aromatic heterocycles. The fraction of sp³-hybridized carbons (Fsp3) is 0.385. The molecule has 1 saturated heterocycles. The molecule has 1 atom stereocenters. The highest BCUT2D eigenvalue weighted by molar-refractivity contribution is 7.99. The van der Waals surface area contributed by atoms with Crippen molar-refractivity contribution >= 4 is 34.4 Å². The Hall–Kier alpha value is -2.97. The first kappa shape index (κ1) is 24.2. The molecule has 34 heavy (non-hydrogen) atoms. The molecule has 0 amide bonds. The van der Waals surface area contributed by atoms with Crippen molar-refractivity contribution in [2.45, 2.75) is 50.4 Å². The number of aromatic nitrogens is 2. The minimum atomic E-state index is -0.499. The maximum atomic E-state index is 13.4. The number of hydrogen-bond acceptors (Lipinski definition) is 7. The van der Waals surface area contributed by atoms with Crippen LogP contribution in [0, 0.1) is 0 Å². The minimum absolute atomic E-state index is 0.0402. The lowest BCUT2D eigenvalue weighted by Crippen LogP contribution is -2.29. The SMILES string of the molecule is COC(=O)c1ccc2c(=O)n(C[C@@H]3CCCO3)c(SCC(=O)c3ccc(C(C)C)cc3)nc2c1. The number of esters is 1. The lowest BCUT2D eigenvalue weighted by molar-refractivity contribution is 0.0600. The molecule has 8 heteroatoms. The van der Waals surface area contributed by atoms with Crippen LogP contribution in [0.4, 0.5) is 0 Å². The topological polar surface area (TPSA) is 87.5 Å². The molecule has 178 valence electrons. The Kier molecular flexibility index (Phi) is 7.48. The highest BCUT2D eigenvalue weighted by Gasteiger charge is 2.21. The molecule has 4 rings (SSSR count). The third-order valence-electron chi connectivity index (χ3n) is 5.98. The molecule has 3 aromatic rings. The Morgan fingerprint density at radius 1 is 1.18 bits per heavy atom. The van der Waals surface area contributed by atoms with E-state index in [2.05, 4.69) is 18.8 Å². The Morgan fingerprint density at radius 2 is 1.91 bits per heavy atom. The number of hydrogen-bond donors (Lipinski definition) is 0. The first-order valence-electron chi connectivity index (χ1n) is 11.4. The maximum Gasteiger partial charge on any atom is 0.337 e. The van der Waals surface area contributed by atoms with Gasteiger partial charge >= 0.3 is 5.97 Å². The number of ether oxygens (including phenoxy) is 2. The van der Waals surface area contributed by atoms with Crippen molar-refractivity contribution in [3.8, 4) is 0 Å². The zero-order valence-corrected chi connectivity index (χ0v) is 20.4. The van der Waals surface area contributed by atoms with E-state index in [0.29, 0.717) is 46.3 Å². The number of thioether (sulfide) groups is 1. The summed E-state index contributed by atoms with van der Waals surface area (Å²) in [6.07, 6.45) is 1.76. The Labute approximate surface area is 202 Å². The molecule has 1 aliphatic rings. The summed E-state index contributed by atoms with van der Waals surface area (Å²) in [5.74, 6) is -0.00758. The molecule has 1 fully saturated rings. The van der Waals surface area contributed by atoms with Crippen molar-refractivity contribution in [1.82, 2.24) is 9.55 Å². The van der Waals surface area contributed by atoms with E-state index in [9.17, 15) is 14.4 Å². The van der Waals surface area contributed by atoms with Gasteiger partial charge in [-0.05, 0) is 42.5 Å². The number of rotatable bonds is 8. The maximum absolute atomic E-state index is 13.4. The van der Waals surface area contributed by atoms with Gasteiger partial charge in [0.1, 0.15) is 0 Å². The van der Waals surface area contributed by atoms with Gasteiger partial charge in [-0.1, -0.05) is 49.9 Å². The molecule has 2 aromatic carbocycles. The second-order valence-electron chi connectivity index (χ2n) is 8.66. The third kappa shape index (κ3) is 5.23. The van der Waals surface area contributed by atoms with E-state index in [-0.39, 0.29) is 23.2 Å². The van der Waals surface area contributed by atoms with Gasteiger partial charge in [0.15, 0.2) is 10.9 Å². The molecule has 1 aliphatic heterocycles. The normalized spacial score (nSPS) is 15.7. The molecule has 2 heterocycles.